The van der Waals surface area contributed by atoms with Crippen LogP contribution in [0, 0.1) is 0 Å². The first-order valence-corrected chi connectivity index (χ1v) is 8.79. The average Bonchev–Trinajstić information content (AvgIpc) is 2.55. The van der Waals surface area contributed by atoms with Crippen molar-refractivity contribution in [3.8, 4) is 0 Å². The van der Waals surface area contributed by atoms with Gasteiger partial charge in [0, 0.05) is 6.04 Å². The number of hydrogen-bond donors (Lipinski definition) is 0. The maximum absolute atomic E-state index is 2.73. The molecule has 2 heterocycles. The normalized spacial score (nSPS) is 21.0. The quantitative estimate of drug-likeness (QED) is 0.686. The summed E-state index contributed by atoms with van der Waals surface area (Å²) < 4.78 is 0. The molecule has 0 spiro atoms. The molecule has 0 N–H and O–H groups in total. The van der Waals surface area contributed by atoms with Gasteiger partial charge in [-0.15, -0.1) is 0 Å². The summed E-state index contributed by atoms with van der Waals surface area (Å²) in [5.74, 6) is 0. The molecule has 0 aromatic carbocycles. The second-order valence-corrected chi connectivity index (χ2v) is 4.63. The zero-order valence-electron chi connectivity index (χ0n) is 14.8. The molecule has 2 saturated heterocycles. The van der Waals surface area contributed by atoms with E-state index in [1.165, 1.54) is 58.3 Å². The second-order valence-electron chi connectivity index (χ2n) is 4.63. The number of nitrogens with zero attached hydrogens (tertiary/aromatic N) is 2. The minimum absolute atomic E-state index is 0.913. The van der Waals surface area contributed by atoms with Gasteiger partial charge in [0.25, 0.3) is 0 Å². The summed E-state index contributed by atoms with van der Waals surface area (Å²) in [6.07, 6.45) is 7.13. The Morgan fingerprint density at radius 2 is 1.05 bits per heavy atom. The van der Waals surface area contributed by atoms with Gasteiger partial charge in [-0.05, 0) is 58.9 Å². The van der Waals surface area contributed by atoms with Gasteiger partial charge in [-0.2, -0.15) is 0 Å². The van der Waals surface area contributed by atoms with E-state index in [1.54, 1.807) is 0 Å². The van der Waals surface area contributed by atoms with E-state index in [2.05, 4.69) is 16.8 Å². The van der Waals surface area contributed by atoms with Crippen LogP contribution in [0.25, 0.3) is 0 Å². The van der Waals surface area contributed by atoms with Crippen molar-refractivity contribution in [2.45, 2.75) is 79.7 Å². The summed E-state index contributed by atoms with van der Waals surface area (Å²) in [6, 6.07) is 0.913. The Morgan fingerprint density at radius 1 is 0.632 bits per heavy atom. The van der Waals surface area contributed by atoms with E-state index in [0.29, 0.717) is 0 Å². The fourth-order valence-corrected chi connectivity index (χ4v) is 2.64. The summed E-state index contributed by atoms with van der Waals surface area (Å²) in [6.45, 7) is 17.4. The highest BCUT2D eigenvalue weighted by Gasteiger charge is 2.23. The third-order valence-corrected chi connectivity index (χ3v) is 3.60. The van der Waals surface area contributed by atoms with Gasteiger partial charge in [0.1, 0.15) is 0 Å². The Morgan fingerprint density at radius 3 is 1.47 bits per heavy atom. The van der Waals surface area contributed by atoms with E-state index in [1.807, 2.05) is 41.5 Å². The number of likely N-dealkylation sites (tertiary alicyclic amines) is 2. The van der Waals surface area contributed by atoms with E-state index in [9.17, 15) is 0 Å². The van der Waals surface area contributed by atoms with Crippen molar-refractivity contribution in [3.63, 3.8) is 0 Å². The molecule has 0 aromatic heterocycles. The van der Waals surface area contributed by atoms with Crippen LogP contribution in [-0.4, -0.2) is 49.1 Å². The molecule has 0 aromatic rings. The molecule has 0 saturated carbocycles. The molecule has 0 unspecified atom stereocenters. The van der Waals surface area contributed by atoms with Crippen LogP contribution in [0.1, 0.15) is 73.6 Å². The van der Waals surface area contributed by atoms with Crippen molar-refractivity contribution >= 4 is 0 Å². The number of hydrogen-bond acceptors (Lipinski definition) is 2. The smallest absolute Gasteiger partial charge is 0.0120 e. The highest BCUT2D eigenvalue weighted by atomic mass is 15.2. The van der Waals surface area contributed by atoms with Crippen LogP contribution in [0.2, 0.25) is 0 Å². The van der Waals surface area contributed by atoms with Crippen molar-refractivity contribution in [1.29, 1.82) is 0 Å². The first-order chi connectivity index (χ1) is 9.36. The van der Waals surface area contributed by atoms with Gasteiger partial charge in [-0.3, -0.25) is 0 Å². The van der Waals surface area contributed by atoms with E-state index < -0.39 is 0 Å². The third-order valence-electron chi connectivity index (χ3n) is 3.60. The van der Waals surface area contributed by atoms with Gasteiger partial charge in [0.2, 0.25) is 0 Å². The SMILES string of the molecule is CC.CC.CC.CN1CCC(N2CCCCC2)CC1. The van der Waals surface area contributed by atoms with Gasteiger partial charge in [-0.1, -0.05) is 48.0 Å². The maximum atomic E-state index is 2.73. The van der Waals surface area contributed by atoms with Crippen LogP contribution in [0.3, 0.4) is 0 Å². The van der Waals surface area contributed by atoms with Crippen LogP contribution in [-0.2, 0) is 0 Å². The minimum Gasteiger partial charge on any atom is -0.306 e. The third kappa shape index (κ3) is 9.45. The van der Waals surface area contributed by atoms with E-state index in [-0.39, 0.29) is 0 Å². The molecule has 118 valence electrons. The van der Waals surface area contributed by atoms with Crippen molar-refractivity contribution in [2.75, 3.05) is 33.2 Å². The molecular weight excluding hydrogens is 232 g/mol. The monoisotopic (exact) mass is 272 g/mol. The van der Waals surface area contributed by atoms with Crippen molar-refractivity contribution in [1.82, 2.24) is 9.80 Å². The summed E-state index contributed by atoms with van der Waals surface area (Å²) >= 11 is 0. The molecule has 2 heteroatoms. The summed E-state index contributed by atoms with van der Waals surface area (Å²) in [5.41, 5.74) is 0. The first kappa shape index (κ1) is 21.2. The van der Waals surface area contributed by atoms with Crippen LogP contribution in [0.15, 0.2) is 0 Å². The summed E-state index contributed by atoms with van der Waals surface area (Å²) in [7, 11) is 2.24. The zero-order valence-corrected chi connectivity index (χ0v) is 14.8. The predicted octanol–water partition coefficient (Wildman–Crippen LogP) is 4.65. The highest BCUT2D eigenvalue weighted by Crippen LogP contribution is 2.19. The predicted molar refractivity (Wildman–Crippen MR) is 90.0 cm³/mol. The summed E-state index contributed by atoms with van der Waals surface area (Å²) in [5, 5.41) is 0. The van der Waals surface area contributed by atoms with E-state index in [0.717, 1.165) is 6.04 Å². The molecule has 0 amide bonds. The van der Waals surface area contributed by atoms with E-state index in [4.69, 9.17) is 0 Å². The lowest BCUT2D eigenvalue weighted by atomic mass is 10.0. The highest BCUT2D eigenvalue weighted by molar-refractivity contribution is 4.80. The number of piperidine rings is 2. The molecule has 2 fully saturated rings. The Kier molecular flexibility index (Phi) is 17.8. The van der Waals surface area contributed by atoms with Gasteiger partial charge in [-0.25, -0.2) is 0 Å². The Hall–Kier alpha value is -0.0800. The fraction of sp³-hybridized carbons (Fsp3) is 1.00. The van der Waals surface area contributed by atoms with Crippen LogP contribution in [0.4, 0.5) is 0 Å². The van der Waals surface area contributed by atoms with Crippen molar-refractivity contribution < 1.29 is 0 Å². The Labute approximate surface area is 123 Å². The van der Waals surface area contributed by atoms with Crippen molar-refractivity contribution in [2.24, 2.45) is 0 Å². The topological polar surface area (TPSA) is 6.48 Å². The standard InChI is InChI=1S/C11H22N2.3C2H6/c1-12-9-5-11(6-10-12)13-7-3-2-4-8-13;3*1-2/h11H,2-10H2,1H3;3*1-2H3. The molecule has 19 heavy (non-hydrogen) atoms. The van der Waals surface area contributed by atoms with E-state index >= 15 is 0 Å². The zero-order chi connectivity index (χ0) is 15.1. The lowest BCUT2D eigenvalue weighted by Gasteiger charge is -2.39. The maximum Gasteiger partial charge on any atom is 0.0120 e. The largest absolute Gasteiger partial charge is 0.306 e. The van der Waals surface area contributed by atoms with Crippen molar-refractivity contribution in [3.05, 3.63) is 0 Å². The summed E-state index contributed by atoms with van der Waals surface area (Å²) in [4.78, 5) is 5.19. The van der Waals surface area contributed by atoms with Crippen LogP contribution in [0.5, 0.6) is 0 Å². The molecule has 2 aliphatic rings. The van der Waals surface area contributed by atoms with Gasteiger partial charge in [0.15, 0.2) is 0 Å². The average molecular weight is 273 g/mol. The molecule has 2 nitrogen and oxygen atoms in total. The van der Waals surface area contributed by atoms with Gasteiger partial charge >= 0.3 is 0 Å². The second kappa shape index (κ2) is 16.0. The molecule has 2 rings (SSSR count). The Balaban J connectivity index is 0. The lowest BCUT2D eigenvalue weighted by Crippen LogP contribution is -2.45. The van der Waals surface area contributed by atoms with Crippen LogP contribution < -0.4 is 0 Å². The minimum atomic E-state index is 0.913. The van der Waals surface area contributed by atoms with Gasteiger partial charge in [0.05, 0.1) is 0 Å². The molecule has 0 atom stereocenters. The molecule has 2 aliphatic heterocycles. The molecule has 0 aliphatic carbocycles. The molecule has 0 radical (unpaired) electrons. The molecular formula is C17H40N2. The van der Waals surface area contributed by atoms with Crippen LogP contribution >= 0.6 is 0 Å². The Bertz CT molecular complexity index is 145. The lowest BCUT2D eigenvalue weighted by molar-refractivity contribution is 0.103. The van der Waals surface area contributed by atoms with Gasteiger partial charge < -0.3 is 9.80 Å². The fourth-order valence-electron chi connectivity index (χ4n) is 2.64. The molecule has 0 bridgehead atoms. The first-order valence-electron chi connectivity index (χ1n) is 8.79. The number of rotatable bonds is 1.